The first-order valence-electron chi connectivity index (χ1n) is 7.31. The van der Waals surface area contributed by atoms with Crippen LogP contribution < -0.4 is 4.72 Å². The minimum absolute atomic E-state index is 0.0812. The Labute approximate surface area is 125 Å². The summed E-state index contributed by atoms with van der Waals surface area (Å²) in [6, 6.07) is 7.25. The van der Waals surface area contributed by atoms with E-state index in [4.69, 9.17) is 0 Å². The number of nitrogens with zero attached hydrogens (tertiary/aromatic N) is 1. The van der Waals surface area contributed by atoms with E-state index in [-0.39, 0.29) is 16.7 Å². The number of sulfonamides is 1. The van der Waals surface area contributed by atoms with Gasteiger partial charge in [-0.25, -0.2) is 13.1 Å². The van der Waals surface area contributed by atoms with Gasteiger partial charge in [0.25, 0.3) is 0 Å². The van der Waals surface area contributed by atoms with Gasteiger partial charge in [-0.3, -0.25) is 4.79 Å². The first-order chi connectivity index (χ1) is 9.95. The van der Waals surface area contributed by atoms with Crippen molar-refractivity contribution in [1.29, 1.82) is 0 Å². The van der Waals surface area contributed by atoms with Crippen molar-refractivity contribution in [3.8, 4) is 0 Å². The first-order valence-corrected chi connectivity index (χ1v) is 8.80. The van der Waals surface area contributed by atoms with Gasteiger partial charge in [0, 0.05) is 25.6 Å². The molecule has 0 bridgehead atoms. The molecule has 1 saturated carbocycles. The number of amides is 1. The smallest absolute Gasteiger partial charge is 0.240 e. The highest BCUT2D eigenvalue weighted by Gasteiger charge is 2.39. The molecule has 1 saturated heterocycles. The van der Waals surface area contributed by atoms with Crippen LogP contribution in [0.1, 0.15) is 24.8 Å². The molecular weight excluding hydrogens is 288 g/mol. The summed E-state index contributed by atoms with van der Waals surface area (Å²) in [6.45, 7) is 2.87. The molecule has 1 heterocycles. The van der Waals surface area contributed by atoms with E-state index in [2.05, 4.69) is 4.72 Å². The molecule has 3 rings (SSSR count). The Kier molecular flexibility index (Phi) is 3.75. The molecule has 0 aromatic heterocycles. The quantitative estimate of drug-likeness (QED) is 0.891. The van der Waals surface area contributed by atoms with Crippen LogP contribution in [0.5, 0.6) is 0 Å². The zero-order valence-corrected chi connectivity index (χ0v) is 12.9. The summed E-state index contributed by atoms with van der Waals surface area (Å²) in [5.74, 6) is 0.245. The van der Waals surface area contributed by atoms with Gasteiger partial charge in [-0.05, 0) is 43.4 Å². The van der Waals surface area contributed by atoms with Crippen molar-refractivity contribution in [2.45, 2.75) is 37.1 Å². The average Bonchev–Trinajstić information content (AvgIpc) is 3.20. The van der Waals surface area contributed by atoms with E-state index in [0.29, 0.717) is 25.6 Å². The summed E-state index contributed by atoms with van der Waals surface area (Å²) in [7, 11) is -3.49. The lowest BCUT2D eigenvalue weighted by molar-refractivity contribution is -0.128. The lowest BCUT2D eigenvalue weighted by Crippen LogP contribution is -2.32. The number of carbonyl (C=O) groups excluding carboxylic acids is 1. The van der Waals surface area contributed by atoms with Crippen molar-refractivity contribution in [2.75, 3.05) is 13.1 Å². The molecule has 114 valence electrons. The Morgan fingerprint density at radius 3 is 2.76 bits per heavy atom. The number of hydrogen-bond acceptors (Lipinski definition) is 3. The maximum absolute atomic E-state index is 12.2. The van der Waals surface area contributed by atoms with Crippen molar-refractivity contribution < 1.29 is 13.2 Å². The van der Waals surface area contributed by atoms with E-state index in [9.17, 15) is 13.2 Å². The Balaban J connectivity index is 1.61. The topological polar surface area (TPSA) is 66.5 Å². The van der Waals surface area contributed by atoms with Crippen LogP contribution in [0.15, 0.2) is 29.2 Å². The van der Waals surface area contributed by atoms with Gasteiger partial charge in [0.05, 0.1) is 4.90 Å². The number of benzene rings is 1. The molecule has 1 aromatic rings. The molecule has 2 aliphatic rings. The van der Waals surface area contributed by atoms with Gasteiger partial charge in [0.1, 0.15) is 0 Å². The molecule has 0 radical (unpaired) electrons. The Bertz CT molecular complexity index is 653. The van der Waals surface area contributed by atoms with Crippen LogP contribution in [0.3, 0.4) is 0 Å². The molecule has 21 heavy (non-hydrogen) atoms. The number of likely N-dealkylation sites (tertiary alicyclic amines) is 1. The second-order valence-corrected chi connectivity index (χ2v) is 7.78. The molecular formula is C15H20N2O3S. The first kappa shape index (κ1) is 14.5. The van der Waals surface area contributed by atoms with E-state index >= 15 is 0 Å². The van der Waals surface area contributed by atoms with Crippen LogP contribution in [-0.4, -0.2) is 38.4 Å². The standard InChI is InChI=1S/C15H20N2O3S/c1-11-3-2-4-14(7-11)21(19,20)16-9-12-8-15(18)17(10-12)13-5-6-13/h2-4,7,12-13,16H,5-6,8-10H2,1H3. The Morgan fingerprint density at radius 1 is 1.33 bits per heavy atom. The van der Waals surface area contributed by atoms with Gasteiger partial charge in [-0.15, -0.1) is 0 Å². The summed E-state index contributed by atoms with van der Waals surface area (Å²) in [4.78, 5) is 14.0. The molecule has 2 fully saturated rings. The van der Waals surface area contributed by atoms with Crippen LogP contribution in [-0.2, 0) is 14.8 Å². The van der Waals surface area contributed by atoms with Crippen molar-refractivity contribution in [3.63, 3.8) is 0 Å². The zero-order valence-electron chi connectivity index (χ0n) is 12.1. The summed E-state index contributed by atoms with van der Waals surface area (Å²) in [5, 5.41) is 0. The maximum Gasteiger partial charge on any atom is 0.240 e. The number of aryl methyl sites for hydroxylation is 1. The summed E-state index contributed by atoms with van der Waals surface area (Å²) in [6.07, 6.45) is 2.63. The Morgan fingerprint density at radius 2 is 2.10 bits per heavy atom. The van der Waals surface area contributed by atoms with Gasteiger partial charge in [-0.1, -0.05) is 12.1 Å². The van der Waals surface area contributed by atoms with Crippen LogP contribution in [0, 0.1) is 12.8 Å². The fourth-order valence-electron chi connectivity index (χ4n) is 2.78. The fourth-order valence-corrected chi connectivity index (χ4v) is 4.00. The average molecular weight is 308 g/mol. The van der Waals surface area contributed by atoms with Gasteiger partial charge >= 0.3 is 0 Å². The van der Waals surface area contributed by atoms with E-state index in [1.54, 1.807) is 18.2 Å². The van der Waals surface area contributed by atoms with Gasteiger partial charge in [0.15, 0.2) is 0 Å². The fraction of sp³-hybridized carbons (Fsp3) is 0.533. The highest BCUT2D eigenvalue weighted by atomic mass is 32.2. The largest absolute Gasteiger partial charge is 0.339 e. The van der Waals surface area contributed by atoms with Crippen molar-refractivity contribution >= 4 is 15.9 Å². The Hall–Kier alpha value is -1.40. The second-order valence-electron chi connectivity index (χ2n) is 6.02. The number of carbonyl (C=O) groups is 1. The summed E-state index contributed by atoms with van der Waals surface area (Å²) in [5.41, 5.74) is 0.911. The van der Waals surface area contributed by atoms with Crippen LogP contribution >= 0.6 is 0 Å². The highest BCUT2D eigenvalue weighted by molar-refractivity contribution is 7.89. The normalized spacial score (nSPS) is 22.8. The lowest BCUT2D eigenvalue weighted by atomic mass is 10.1. The highest BCUT2D eigenvalue weighted by Crippen LogP contribution is 2.32. The summed E-state index contributed by atoms with van der Waals surface area (Å²) >= 11 is 0. The van der Waals surface area contributed by atoms with Crippen molar-refractivity contribution in [1.82, 2.24) is 9.62 Å². The van der Waals surface area contributed by atoms with E-state index in [0.717, 1.165) is 18.4 Å². The molecule has 5 nitrogen and oxygen atoms in total. The van der Waals surface area contributed by atoms with E-state index in [1.807, 2.05) is 17.9 Å². The third-order valence-corrected chi connectivity index (χ3v) is 5.51. The van der Waals surface area contributed by atoms with Gasteiger partial charge in [-0.2, -0.15) is 0 Å². The molecule has 1 aliphatic carbocycles. The molecule has 1 unspecified atom stereocenters. The molecule has 0 spiro atoms. The number of nitrogens with one attached hydrogen (secondary N) is 1. The second kappa shape index (κ2) is 5.42. The molecule has 1 N–H and O–H groups in total. The monoisotopic (exact) mass is 308 g/mol. The third-order valence-electron chi connectivity index (χ3n) is 4.09. The predicted molar refractivity (Wildman–Crippen MR) is 79.2 cm³/mol. The molecule has 6 heteroatoms. The molecule has 1 atom stereocenters. The predicted octanol–water partition coefficient (Wildman–Crippen LogP) is 1.28. The van der Waals surface area contributed by atoms with Crippen LogP contribution in [0.25, 0.3) is 0 Å². The van der Waals surface area contributed by atoms with Crippen molar-refractivity contribution in [2.24, 2.45) is 5.92 Å². The van der Waals surface area contributed by atoms with Gasteiger partial charge < -0.3 is 4.90 Å². The molecule has 1 amide bonds. The minimum atomic E-state index is -3.49. The van der Waals surface area contributed by atoms with Crippen LogP contribution in [0.2, 0.25) is 0 Å². The van der Waals surface area contributed by atoms with E-state index < -0.39 is 10.0 Å². The third kappa shape index (κ3) is 3.27. The van der Waals surface area contributed by atoms with Gasteiger partial charge in [0.2, 0.25) is 15.9 Å². The SMILES string of the molecule is Cc1cccc(S(=O)(=O)NCC2CC(=O)N(C3CC3)C2)c1. The molecule has 1 aromatic carbocycles. The van der Waals surface area contributed by atoms with E-state index in [1.165, 1.54) is 0 Å². The lowest BCUT2D eigenvalue weighted by Gasteiger charge is -2.15. The number of rotatable bonds is 5. The maximum atomic E-state index is 12.2. The van der Waals surface area contributed by atoms with Crippen molar-refractivity contribution in [3.05, 3.63) is 29.8 Å². The van der Waals surface area contributed by atoms with Crippen LogP contribution in [0.4, 0.5) is 0 Å². The molecule has 1 aliphatic heterocycles. The zero-order chi connectivity index (χ0) is 15.0. The summed E-state index contributed by atoms with van der Waals surface area (Å²) < 4.78 is 27.1. The number of hydrogen-bond donors (Lipinski definition) is 1. The minimum Gasteiger partial charge on any atom is -0.339 e.